The highest BCUT2D eigenvalue weighted by atomic mass is 16.5. The highest BCUT2D eigenvalue weighted by molar-refractivity contribution is 5.49. The number of nitrogens with one attached hydrogen (secondary N) is 1. The second-order valence-corrected chi connectivity index (χ2v) is 4.46. The van der Waals surface area contributed by atoms with Crippen molar-refractivity contribution in [2.75, 3.05) is 7.11 Å². The molecule has 100 valence electrons. The fraction of sp³-hybridized carbons (Fsp3) is 0.357. The largest absolute Gasteiger partial charge is 0.493 e. The van der Waals surface area contributed by atoms with E-state index in [1.54, 1.807) is 19.5 Å². The van der Waals surface area contributed by atoms with Crippen molar-refractivity contribution in [1.29, 1.82) is 0 Å². The number of methoxy groups -OCH3 is 1. The van der Waals surface area contributed by atoms with Crippen LogP contribution in [-0.4, -0.2) is 28.1 Å². The summed E-state index contributed by atoms with van der Waals surface area (Å²) in [5.41, 5.74) is 1.60. The van der Waals surface area contributed by atoms with Crippen molar-refractivity contribution in [3.8, 4) is 17.3 Å². The van der Waals surface area contributed by atoms with E-state index in [4.69, 9.17) is 4.74 Å². The minimum atomic E-state index is 0.387. The number of hydrogen-bond acceptors (Lipinski definition) is 5. The number of pyridine rings is 1. The molecular formula is C14H18N4O. The van der Waals surface area contributed by atoms with Gasteiger partial charge in [0.1, 0.15) is 11.4 Å². The van der Waals surface area contributed by atoms with Crippen LogP contribution in [0.1, 0.15) is 19.5 Å². The van der Waals surface area contributed by atoms with Crippen molar-refractivity contribution in [2.45, 2.75) is 26.4 Å². The molecule has 2 aromatic rings. The summed E-state index contributed by atoms with van der Waals surface area (Å²) in [5, 5.41) is 3.32. The van der Waals surface area contributed by atoms with Gasteiger partial charge >= 0.3 is 0 Å². The van der Waals surface area contributed by atoms with E-state index >= 15 is 0 Å². The molecule has 0 fully saturated rings. The van der Waals surface area contributed by atoms with Gasteiger partial charge in [-0.25, -0.2) is 9.97 Å². The lowest BCUT2D eigenvalue weighted by atomic mass is 10.3. The maximum Gasteiger partial charge on any atom is 0.178 e. The van der Waals surface area contributed by atoms with E-state index in [0.717, 1.165) is 11.4 Å². The summed E-state index contributed by atoms with van der Waals surface area (Å²) >= 11 is 0. The van der Waals surface area contributed by atoms with Crippen LogP contribution in [0.2, 0.25) is 0 Å². The molecule has 0 saturated heterocycles. The molecule has 0 unspecified atom stereocenters. The minimum absolute atomic E-state index is 0.387. The molecule has 0 saturated carbocycles. The molecule has 0 amide bonds. The summed E-state index contributed by atoms with van der Waals surface area (Å²) in [4.78, 5) is 13.1. The Hall–Kier alpha value is -2.01. The van der Waals surface area contributed by atoms with E-state index in [2.05, 4.69) is 34.1 Å². The third-order valence-corrected chi connectivity index (χ3v) is 2.62. The lowest BCUT2D eigenvalue weighted by Gasteiger charge is -2.11. The van der Waals surface area contributed by atoms with Gasteiger partial charge in [0.15, 0.2) is 11.6 Å². The number of hydrogen-bond donors (Lipinski definition) is 1. The van der Waals surface area contributed by atoms with Gasteiger partial charge in [-0.05, 0) is 12.1 Å². The summed E-state index contributed by atoms with van der Waals surface area (Å²) in [6.07, 6.45) is 3.42. The number of aromatic nitrogens is 3. The van der Waals surface area contributed by atoms with E-state index in [0.29, 0.717) is 24.2 Å². The predicted octanol–water partition coefficient (Wildman–Crippen LogP) is 2.05. The third-order valence-electron chi connectivity index (χ3n) is 2.62. The van der Waals surface area contributed by atoms with E-state index in [9.17, 15) is 0 Å². The minimum Gasteiger partial charge on any atom is -0.493 e. The maximum atomic E-state index is 5.28. The lowest BCUT2D eigenvalue weighted by Crippen LogP contribution is -2.23. The quantitative estimate of drug-likeness (QED) is 0.889. The molecule has 19 heavy (non-hydrogen) atoms. The molecule has 0 aliphatic heterocycles. The van der Waals surface area contributed by atoms with E-state index in [-0.39, 0.29) is 0 Å². The van der Waals surface area contributed by atoms with Crippen LogP contribution in [0.3, 0.4) is 0 Å². The van der Waals surface area contributed by atoms with Gasteiger partial charge in [0.25, 0.3) is 0 Å². The Bertz CT molecular complexity index is 528. The first-order chi connectivity index (χ1) is 9.20. The molecule has 0 bridgehead atoms. The zero-order chi connectivity index (χ0) is 13.7. The first kappa shape index (κ1) is 13.4. The predicted molar refractivity (Wildman–Crippen MR) is 73.8 cm³/mol. The molecule has 5 nitrogen and oxygen atoms in total. The fourth-order valence-electron chi connectivity index (χ4n) is 1.62. The van der Waals surface area contributed by atoms with Gasteiger partial charge in [0.2, 0.25) is 0 Å². The number of ether oxygens (including phenoxy) is 1. The summed E-state index contributed by atoms with van der Waals surface area (Å²) in [7, 11) is 1.62. The van der Waals surface area contributed by atoms with Crippen LogP contribution in [0.4, 0.5) is 0 Å². The SMILES string of the molecule is COc1cnc(-c2ccccn2)nc1CNC(C)C. The highest BCUT2D eigenvalue weighted by Gasteiger charge is 2.10. The molecule has 1 N–H and O–H groups in total. The topological polar surface area (TPSA) is 59.9 Å². The second-order valence-electron chi connectivity index (χ2n) is 4.46. The van der Waals surface area contributed by atoms with Crippen molar-refractivity contribution < 1.29 is 4.74 Å². The standard InChI is InChI=1S/C14H18N4O/c1-10(2)16-8-12-13(19-3)9-17-14(18-12)11-6-4-5-7-15-11/h4-7,9-10,16H,8H2,1-3H3. The third kappa shape index (κ3) is 3.48. The normalized spacial score (nSPS) is 10.7. The van der Waals surface area contributed by atoms with E-state index in [1.165, 1.54) is 0 Å². The van der Waals surface area contributed by atoms with Crippen LogP contribution in [-0.2, 0) is 6.54 Å². The van der Waals surface area contributed by atoms with Crippen LogP contribution in [0.25, 0.3) is 11.5 Å². The maximum absolute atomic E-state index is 5.28. The van der Waals surface area contributed by atoms with Crippen LogP contribution >= 0.6 is 0 Å². The zero-order valence-corrected chi connectivity index (χ0v) is 11.4. The van der Waals surface area contributed by atoms with Crippen molar-refractivity contribution in [3.63, 3.8) is 0 Å². The smallest absolute Gasteiger partial charge is 0.178 e. The van der Waals surface area contributed by atoms with E-state index in [1.807, 2.05) is 18.2 Å². The molecular weight excluding hydrogens is 240 g/mol. The first-order valence-electron chi connectivity index (χ1n) is 6.25. The van der Waals surface area contributed by atoms with Gasteiger partial charge < -0.3 is 10.1 Å². The monoisotopic (exact) mass is 258 g/mol. The van der Waals surface area contributed by atoms with Gasteiger partial charge in [0, 0.05) is 18.8 Å². The summed E-state index contributed by atoms with van der Waals surface area (Å²) in [6.45, 7) is 4.82. The van der Waals surface area contributed by atoms with Crippen molar-refractivity contribution >= 4 is 0 Å². The first-order valence-corrected chi connectivity index (χ1v) is 6.25. The Morgan fingerprint density at radius 3 is 2.74 bits per heavy atom. The van der Waals surface area contributed by atoms with Crippen molar-refractivity contribution in [1.82, 2.24) is 20.3 Å². The molecule has 0 aliphatic rings. The van der Waals surface area contributed by atoms with Gasteiger partial charge in [-0.3, -0.25) is 4.98 Å². The van der Waals surface area contributed by atoms with Gasteiger partial charge in [-0.2, -0.15) is 0 Å². The molecule has 2 aromatic heterocycles. The Morgan fingerprint density at radius 1 is 1.26 bits per heavy atom. The summed E-state index contributed by atoms with van der Waals surface area (Å²) in [5.74, 6) is 1.30. The van der Waals surface area contributed by atoms with Crippen molar-refractivity contribution in [2.24, 2.45) is 0 Å². The number of nitrogens with zero attached hydrogens (tertiary/aromatic N) is 3. The van der Waals surface area contributed by atoms with E-state index < -0.39 is 0 Å². The average molecular weight is 258 g/mol. The lowest BCUT2D eigenvalue weighted by molar-refractivity contribution is 0.401. The Morgan fingerprint density at radius 2 is 2.11 bits per heavy atom. The molecule has 0 spiro atoms. The van der Waals surface area contributed by atoms with Crippen LogP contribution in [0.15, 0.2) is 30.6 Å². The highest BCUT2D eigenvalue weighted by Crippen LogP contribution is 2.19. The fourth-order valence-corrected chi connectivity index (χ4v) is 1.62. The van der Waals surface area contributed by atoms with Crippen molar-refractivity contribution in [3.05, 3.63) is 36.3 Å². The van der Waals surface area contributed by atoms with Crippen LogP contribution in [0.5, 0.6) is 5.75 Å². The Balaban J connectivity index is 2.30. The Labute approximate surface area is 113 Å². The average Bonchev–Trinajstić information content (AvgIpc) is 2.45. The molecule has 5 heteroatoms. The molecule has 2 heterocycles. The Kier molecular flexibility index (Phi) is 4.41. The second kappa shape index (κ2) is 6.24. The summed E-state index contributed by atoms with van der Waals surface area (Å²) < 4.78 is 5.28. The molecule has 2 rings (SSSR count). The number of rotatable bonds is 5. The molecule has 0 atom stereocenters. The van der Waals surface area contributed by atoms with Crippen LogP contribution in [0, 0.1) is 0 Å². The van der Waals surface area contributed by atoms with Gasteiger partial charge in [-0.1, -0.05) is 19.9 Å². The van der Waals surface area contributed by atoms with Gasteiger partial charge in [0.05, 0.1) is 13.3 Å². The van der Waals surface area contributed by atoms with Gasteiger partial charge in [-0.15, -0.1) is 0 Å². The molecule has 0 radical (unpaired) electrons. The molecule has 0 aliphatic carbocycles. The summed E-state index contributed by atoms with van der Waals surface area (Å²) in [6, 6.07) is 6.07. The van der Waals surface area contributed by atoms with Crippen LogP contribution < -0.4 is 10.1 Å². The molecule has 0 aromatic carbocycles. The zero-order valence-electron chi connectivity index (χ0n) is 11.4.